The van der Waals surface area contributed by atoms with Gasteiger partial charge in [0.25, 0.3) is 0 Å². The quantitative estimate of drug-likeness (QED) is 0.0377. The Labute approximate surface area is 339 Å². The smallest absolute Gasteiger partial charge is 0.186 e. The van der Waals surface area contributed by atoms with Crippen LogP contribution in [0.1, 0.15) is 142 Å². The summed E-state index contributed by atoms with van der Waals surface area (Å²) in [6.07, 6.45) is 9.69. The third kappa shape index (κ3) is 21.6. The first-order chi connectivity index (χ1) is 25.9. The van der Waals surface area contributed by atoms with Gasteiger partial charge in [0.15, 0.2) is 12.6 Å². The molecule has 0 aromatic rings. The van der Waals surface area contributed by atoms with E-state index in [1.54, 1.807) is 0 Å². The van der Waals surface area contributed by atoms with E-state index in [4.69, 9.17) is 23.7 Å². The number of aliphatic hydroxyl groups is 7. The van der Waals surface area contributed by atoms with Crippen molar-refractivity contribution in [2.24, 2.45) is 0 Å². The fraction of sp³-hybridized carbons (Fsp3) is 1.00. The van der Waals surface area contributed by atoms with Gasteiger partial charge in [-0.1, -0.05) is 123 Å². The Bertz CT molecular complexity index is 909. The Morgan fingerprint density at radius 3 is 1.38 bits per heavy atom. The van der Waals surface area contributed by atoms with Crippen molar-refractivity contribution in [3.63, 3.8) is 0 Å². The predicted octanol–water partition coefficient (Wildman–Crippen LogP) is 0.935. The first-order valence-electron chi connectivity index (χ1n) is 21.6. The van der Waals surface area contributed by atoms with E-state index in [0.717, 1.165) is 32.2 Å². The van der Waals surface area contributed by atoms with Crippen LogP contribution >= 0.6 is 0 Å². The monoisotopic (exact) mass is 816 g/mol. The highest BCUT2D eigenvalue weighted by Crippen LogP contribution is 2.27. The molecule has 2 aliphatic heterocycles. The molecule has 2 aliphatic rings. The Balaban J connectivity index is 0.0000151. The van der Waals surface area contributed by atoms with Crippen LogP contribution < -0.4 is 12.4 Å². The summed E-state index contributed by atoms with van der Waals surface area (Å²) in [6, 6.07) is 0. The van der Waals surface area contributed by atoms with E-state index >= 15 is 0 Å². The van der Waals surface area contributed by atoms with Crippen LogP contribution in [0.5, 0.6) is 0 Å². The van der Waals surface area contributed by atoms with Gasteiger partial charge in [0.05, 0.1) is 40.5 Å². The molecule has 2 fully saturated rings. The summed E-state index contributed by atoms with van der Waals surface area (Å²) in [4.78, 5) is 0. The Kier molecular flexibility index (Phi) is 29.5. The summed E-state index contributed by atoms with van der Waals surface area (Å²) >= 11 is 0. The molecule has 2 heterocycles. The highest BCUT2D eigenvalue weighted by molar-refractivity contribution is 4.92. The molecule has 0 aliphatic carbocycles. The molecule has 0 bridgehead atoms. The van der Waals surface area contributed by atoms with Gasteiger partial charge in [0.2, 0.25) is 0 Å². The maximum Gasteiger partial charge on any atom is 0.186 e. The second kappa shape index (κ2) is 30.8. The number of rotatable bonds is 32. The summed E-state index contributed by atoms with van der Waals surface area (Å²) in [7, 11) is 4.18. The van der Waals surface area contributed by atoms with Crippen LogP contribution in [0.3, 0.4) is 0 Å². The molecule has 2 rings (SSSR count). The van der Waals surface area contributed by atoms with Crippen molar-refractivity contribution >= 4 is 0 Å². The SMILES string of the molecule is CCCCCCCCCCCCCC[N+](C)(C)CC(O)COC[C@H]1O[C@H](OC[C@H]2O[C@@H](OCCCCCCCCCC)[C@H](O)[C@@H](O)[C@@H]2O)[C@H](O)[C@@H](O)[C@@H]1O.[Cl-]. The Morgan fingerprint density at radius 2 is 0.909 bits per heavy atom. The van der Waals surface area contributed by atoms with Gasteiger partial charge in [0.1, 0.15) is 61.5 Å². The molecular weight excluding hydrogens is 734 g/mol. The maximum atomic E-state index is 10.7. The number of aliphatic hydroxyl groups excluding tert-OH is 7. The zero-order chi connectivity index (χ0) is 39.8. The molecule has 0 aromatic carbocycles. The number of halogens is 1. The van der Waals surface area contributed by atoms with Crippen molar-refractivity contribution in [3.05, 3.63) is 0 Å². The normalized spacial score (nSPS) is 29.3. The van der Waals surface area contributed by atoms with Crippen molar-refractivity contribution in [1.29, 1.82) is 0 Å². The van der Waals surface area contributed by atoms with E-state index in [1.165, 1.54) is 103 Å². The summed E-state index contributed by atoms with van der Waals surface area (Å²) in [5.41, 5.74) is 0. The third-order valence-corrected chi connectivity index (χ3v) is 11.0. The number of hydrogen-bond donors (Lipinski definition) is 7. The maximum absolute atomic E-state index is 10.7. The number of hydrogen-bond acceptors (Lipinski definition) is 12. The lowest BCUT2D eigenvalue weighted by Gasteiger charge is -2.43. The zero-order valence-electron chi connectivity index (χ0n) is 34.7. The van der Waals surface area contributed by atoms with Crippen LogP contribution in [0, 0.1) is 0 Å². The number of likely N-dealkylation sites (N-methyl/N-ethyl adjacent to an activating group) is 1. The molecule has 14 heteroatoms. The minimum atomic E-state index is -1.62. The van der Waals surface area contributed by atoms with Crippen LogP contribution in [0.4, 0.5) is 0 Å². The van der Waals surface area contributed by atoms with Gasteiger partial charge >= 0.3 is 0 Å². The van der Waals surface area contributed by atoms with Gasteiger partial charge in [-0.05, 0) is 19.3 Å². The molecule has 0 spiro atoms. The molecule has 2 saturated heterocycles. The van der Waals surface area contributed by atoms with Crippen molar-refractivity contribution in [2.45, 2.75) is 210 Å². The average molecular weight is 817 g/mol. The van der Waals surface area contributed by atoms with Crippen molar-refractivity contribution in [2.75, 3.05) is 53.6 Å². The van der Waals surface area contributed by atoms with Crippen LogP contribution in [0.2, 0.25) is 0 Å². The van der Waals surface area contributed by atoms with Gasteiger partial charge in [-0.15, -0.1) is 0 Å². The van der Waals surface area contributed by atoms with E-state index in [1.807, 2.05) is 0 Å². The van der Waals surface area contributed by atoms with E-state index in [2.05, 4.69) is 27.9 Å². The van der Waals surface area contributed by atoms with Crippen molar-refractivity contribution in [1.82, 2.24) is 0 Å². The second-order valence-electron chi connectivity index (χ2n) is 16.6. The third-order valence-electron chi connectivity index (χ3n) is 11.0. The van der Waals surface area contributed by atoms with Crippen molar-refractivity contribution in [3.8, 4) is 0 Å². The molecule has 55 heavy (non-hydrogen) atoms. The lowest BCUT2D eigenvalue weighted by molar-refractivity contribution is -0.893. The molecule has 11 atom stereocenters. The fourth-order valence-corrected chi connectivity index (χ4v) is 7.42. The molecule has 330 valence electrons. The lowest BCUT2D eigenvalue weighted by Crippen LogP contribution is -3.00. The van der Waals surface area contributed by atoms with Gasteiger partial charge < -0.3 is 76.3 Å². The van der Waals surface area contributed by atoms with E-state index in [9.17, 15) is 35.7 Å². The van der Waals surface area contributed by atoms with Gasteiger partial charge in [0, 0.05) is 6.61 Å². The molecule has 0 aromatic heterocycles. The lowest BCUT2D eigenvalue weighted by atomic mass is 9.98. The molecule has 1 unspecified atom stereocenters. The predicted molar refractivity (Wildman–Crippen MR) is 208 cm³/mol. The van der Waals surface area contributed by atoms with Crippen LogP contribution in [-0.2, 0) is 23.7 Å². The zero-order valence-corrected chi connectivity index (χ0v) is 35.5. The highest BCUT2D eigenvalue weighted by Gasteiger charge is 2.47. The largest absolute Gasteiger partial charge is 1.00 e. The summed E-state index contributed by atoms with van der Waals surface area (Å²) in [5.74, 6) is 0. The van der Waals surface area contributed by atoms with E-state index in [0.29, 0.717) is 17.6 Å². The van der Waals surface area contributed by atoms with Crippen LogP contribution in [0.15, 0.2) is 0 Å². The molecule has 13 nitrogen and oxygen atoms in total. The summed E-state index contributed by atoms with van der Waals surface area (Å²) in [5, 5.41) is 73.9. The first-order valence-corrected chi connectivity index (χ1v) is 21.6. The number of quaternary nitrogens is 1. The molecule has 0 saturated carbocycles. The fourth-order valence-electron chi connectivity index (χ4n) is 7.42. The van der Waals surface area contributed by atoms with Crippen molar-refractivity contribution < 1.29 is 76.3 Å². The van der Waals surface area contributed by atoms with Gasteiger partial charge in [-0.2, -0.15) is 0 Å². The summed E-state index contributed by atoms with van der Waals surface area (Å²) in [6.45, 7) is 5.66. The van der Waals surface area contributed by atoms with Gasteiger partial charge in [-0.3, -0.25) is 0 Å². The molecular formula is C41H82ClNO12. The number of nitrogens with zero attached hydrogens (tertiary/aromatic N) is 1. The highest BCUT2D eigenvalue weighted by atomic mass is 35.5. The standard InChI is InChI=1S/C41H82NO12.ClH/c1-5-7-9-11-13-15-16-17-18-19-21-23-25-42(3,4)27-31(43)28-50-29-32-34(44)36(46)39(49)41(53-32)52-30-33-35(45)37(47)38(48)40(54-33)51-26-24-22-20-14-12-10-8-6-2;/h31-41,43-49H,5-30H2,1-4H3;1H/q+1;/p-1/t31?,32-,33-,34-,35-,36+,37+,38-,39-,40-,41+;/m1./s1. The van der Waals surface area contributed by atoms with E-state index < -0.39 is 67.5 Å². The minimum Gasteiger partial charge on any atom is -1.00 e. The second-order valence-corrected chi connectivity index (χ2v) is 16.6. The van der Waals surface area contributed by atoms with Crippen LogP contribution in [-0.4, -0.2) is 161 Å². The van der Waals surface area contributed by atoms with Crippen LogP contribution in [0.25, 0.3) is 0 Å². The Morgan fingerprint density at radius 1 is 0.509 bits per heavy atom. The average Bonchev–Trinajstić information content (AvgIpc) is 3.14. The Hall–Kier alpha value is -0.230. The molecule has 7 N–H and O–H groups in total. The summed E-state index contributed by atoms with van der Waals surface area (Å²) < 4.78 is 29.2. The minimum absolute atomic E-state index is 0. The molecule has 0 radical (unpaired) electrons. The number of unbranched alkanes of at least 4 members (excludes halogenated alkanes) is 18. The van der Waals surface area contributed by atoms with Gasteiger partial charge in [-0.25, -0.2) is 0 Å². The number of ether oxygens (including phenoxy) is 5. The topological polar surface area (TPSA) is 188 Å². The first kappa shape index (κ1) is 52.8. The van der Waals surface area contributed by atoms with E-state index in [-0.39, 0.29) is 32.2 Å². The molecule has 0 amide bonds.